The maximum Gasteiger partial charge on any atom is 0.313 e. The lowest BCUT2D eigenvalue weighted by molar-refractivity contribution is -0.149. The first-order chi connectivity index (χ1) is 10.6. The largest absolute Gasteiger partial charge is 0.463 e. The lowest BCUT2D eigenvalue weighted by Crippen LogP contribution is -2.30. The number of hydrogen-bond donors (Lipinski definition) is 1. The minimum Gasteiger partial charge on any atom is -0.463 e. The second-order valence-corrected chi connectivity index (χ2v) is 7.67. The Morgan fingerprint density at radius 2 is 1.78 bits per heavy atom. The smallest absolute Gasteiger partial charge is 0.313 e. The normalized spacial score (nSPS) is 12.9. The van der Waals surface area contributed by atoms with Crippen LogP contribution in [-0.4, -0.2) is 32.5 Å². The van der Waals surface area contributed by atoms with Crippen LogP contribution < -0.4 is 4.72 Å². The van der Waals surface area contributed by atoms with Crippen molar-refractivity contribution in [2.75, 3.05) is 6.26 Å². The molecule has 0 amide bonds. The molecule has 0 fully saturated rings. The number of hydrogen-bond acceptors (Lipinski definition) is 5. The first-order valence-electron chi connectivity index (χ1n) is 7.01. The van der Waals surface area contributed by atoms with Gasteiger partial charge >= 0.3 is 5.97 Å². The van der Waals surface area contributed by atoms with E-state index in [0.29, 0.717) is 10.6 Å². The molecule has 23 heavy (non-hydrogen) atoms. The van der Waals surface area contributed by atoms with Crippen molar-refractivity contribution in [3.8, 4) is 0 Å². The van der Waals surface area contributed by atoms with Gasteiger partial charge in [0, 0.05) is 11.4 Å². The summed E-state index contributed by atoms with van der Waals surface area (Å²) in [5, 5.41) is 0.499. The van der Waals surface area contributed by atoms with Crippen molar-refractivity contribution >= 4 is 33.4 Å². The molecule has 0 aliphatic heterocycles. The topological polar surface area (TPSA) is 89.5 Å². The van der Waals surface area contributed by atoms with E-state index in [-0.39, 0.29) is 12.5 Å². The summed E-state index contributed by atoms with van der Waals surface area (Å²) in [5.74, 6) is -1.04. The van der Waals surface area contributed by atoms with Gasteiger partial charge in [0.2, 0.25) is 10.0 Å². The minimum absolute atomic E-state index is 0.151. The molecule has 0 heterocycles. The fourth-order valence-electron chi connectivity index (χ4n) is 1.95. The molecule has 1 N–H and O–H groups in total. The molecule has 1 aromatic rings. The molecule has 128 valence electrons. The number of carbonyl (C=O) groups is 2. The van der Waals surface area contributed by atoms with Gasteiger partial charge in [0.15, 0.2) is 0 Å². The monoisotopic (exact) mass is 361 g/mol. The Morgan fingerprint density at radius 3 is 2.26 bits per heavy atom. The van der Waals surface area contributed by atoms with Crippen LogP contribution in [-0.2, 0) is 24.3 Å². The quantitative estimate of drug-likeness (QED) is 0.566. The van der Waals surface area contributed by atoms with E-state index in [1.165, 1.54) is 0 Å². The average molecular weight is 362 g/mol. The van der Waals surface area contributed by atoms with Gasteiger partial charge in [-0.2, -0.15) is 0 Å². The lowest BCUT2D eigenvalue weighted by Gasteiger charge is -2.17. The number of ketones is 1. The Balaban J connectivity index is 2.83. The second kappa shape index (κ2) is 8.42. The summed E-state index contributed by atoms with van der Waals surface area (Å²) in [7, 11) is -3.53. The van der Waals surface area contributed by atoms with Crippen molar-refractivity contribution in [2.24, 2.45) is 0 Å². The molecular formula is C15H20ClNO5S. The zero-order valence-corrected chi connectivity index (χ0v) is 14.8. The van der Waals surface area contributed by atoms with Gasteiger partial charge in [-0.25, -0.2) is 13.1 Å². The molecule has 0 saturated carbocycles. The summed E-state index contributed by atoms with van der Waals surface area (Å²) < 4.78 is 30.3. The maximum atomic E-state index is 12.0. The summed E-state index contributed by atoms with van der Waals surface area (Å²) in [5.41, 5.74) is 0.588. The summed E-state index contributed by atoms with van der Waals surface area (Å²) >= 11 is 5.81. The molecule has 8 heteroatoms. The van der Waals surface area contributed by atoms with Crippen LogP contribution >= 0.6 is 11.6 Å². The van der Waals surface area contributed by atoms with Crippen LogP contribution in [0.4, 0.5) is 0 Å². The third kappa shape index (κ3) is 8.11. The molecule has 0 radical (unpaired) electrons. The van der Waals surface area contributed by atoms with Gasteiger partial charge in [-0.3, -0.25) is 9.59 Å². The highest BCUT2D eigenvalue weighted by Gasteiger charge is 2.22. The van der Waals surface area contributed by atoms with E-state index >= 15 is 0 Å². The van der Waals surface area contributed by atoms with Crippen LogP contribution in [0.15, 0.2) is 24.3 Å². The molecule has 1 aromatic carbocycles. The van der Waals surface area contributed by atoms with E-state index in [4.69, 9.17) is 16.3 Å². The number of nitrogens with one attached hydrogen (secondary N) is 1. The SMILES string of the molecule is CC(C)OC(=O)CC(=O)CC(NS(C)(=O)=O)c1ccc(Cl)cc1. The Morgan fingerprint density at radius 1 is 1.22 bits per heavy atom. The number of halogens is 1. The molecule has 0 spiro atoms. The van der Waals surface area contributed by atoms with E-state index in [1.54, 1.807) is 38.1 Å². The highest BCUT2D eigenvalue weighted by molar-refractivity contribution is 7.88. The number of carbonyl (C=O) groups excluding carboxylic acids is 2. The molecule has 0 aromatic heterocycles. The van der Waals surface area contributed by atoms with Gasteiger partial charge in [-0.15, -0.1) is 0 Å². The van der Waals surface area contributed by atoms with Crippen molar-refractivity contribution in [3.05, 3.63) is 34.9 Å². The number of benzene rings is 1. The van der Waals surface area contributed by atoms with Crippen molar-refractivity contribution in [2.45, 2.75) is 38.8 Å². The Kier molecular flexibility index (Phi) is 7.18. The van der Waals surface area contributed by atoms with Crippen LogP contribution in [0, 0.1) is 0 Å². The molecule has 0 aliphatic rings. The fraction of sp³-hybridized carbons (Fsp3) is 0.467. The number of esters is 1. The number of rotatable bonds is 8. The van der Waals surface area contributed by atoms with Gasteiger partial charge < -0.3 is 4.74 Å². The summed E-state index contributed by atoms with van der Waals surface area (Å²) in [6.07, 6.45) is 0.153. The lowest BCUT2D eigenvalue weighted by atomic mass is 10.0. The highest BCUT2D eigenvalue weighted by Crippen LogP contribution is 2.21. The summed E-state index contributed by atoms with van der Waals surface area (Å²) in [6.45, 7) is 3.37. The third-order valence-electron chi connectivity index (χ3n) is 2.77. The minimum atomic E-state index is -3.53. The second-order valence-electron chi connectivity index (χ2n) is 5.45. The van der Waals surface area contributed by atoms with Crippen molar-refractivity contribution in [3.63, 3.8) is 0 Å². The van der Waals surface area contributed by atoms with Gasteiger partial charge in [0.25, 0.3) is 0 Å². The van der Waals surface area contributed by atoms with Gasteiger partial charge in [0.1, 0.15) is 12.2 Å². The van der Waals surface area contributed by atoms with Crippen LogP contribution in [0.2, 0.25) is 5.02 Å². The predicted octanol–water partition coefficient (Wildman–Crippen LogP) is 2.23. The molecular weight excluding hydrogens is 342 g/mol. The molecule has 0 aliphatic carbocycles. The van der Waals surface area contributed by atoms with Crippen LogP contribution in [0.3, 0.4) is 0 Å². The molecule has 0 bridgehead atoms. The van der Waals surface area contributed by atoms with Crippen LogP contribution in [0.5, 0.6) is 0 Å². The van der Waals surface area contributed by atoms with Crippen molar-refractivity contribution < 1.29 is 22.7 Å². The summed E-state index contributed by atoms with van der Waals surface area (Å²) in [6, 6.07) is 5.70. The van der Waals surface area contributed by atoms with Gasteiger partial charge in [0.05, 0.1) is 18.4 Å². The fourth-order valence-corrected chi connectivity index (χ4v) is 2.81. The third-order valence-corrected chi connectivity index (χ3v) is 3.73. The number of Topliss-reactive ketones (excluding diaryl/α,β-unsaturated/α-hetero) is 1. The van der Waals surface area contributed by atoms with E-state index in [0.717, 1.165) is 6.26 Å². The standard InChI is InChI=1S/C15H20ClNO5S/c1-10(2)22-15(19)9-13(18)8-14(17-23(3,20)21)11-4-6-12(16)7-5-11/h4-7,10,14,17H,8-9H2,1-3H3. The molecule has 1 unspecified atom stereocenters. The van der Waals surface area contributed by atoms with Crippen LogP contribution in [0.1, 0.15) is 38.3 Å². The van der Waals surface area contributed by atoms with Gasteiger partial charge in [-0.1, -0.05) is 23.7 Å². The van der Waals surface area contributed by atoms with E-state index in [2.05, 4.69) is 4.72 Å². The summed E-state index contributed by atoms with van der Waals surface area (Å²) in [4.78, 5) is 23.5. The average Bonchev–Trinajstić information content (AvgIpc) is 2.35. The van der Waals surface area contributed by atoms with E-state index < -0.39 is 34.2 Å². The molecule has 1 atom stereocenters. The van der Waals surface area contributed by atoms with Crippen molar-refractivity contribution in [1.82, 2.24) is 4.72 Å². The van der Waals surface area contributed by atoms with E-state index in [1.807, 2.05) is 0 Å². The zero-order valence-electron chi connectivity index (χ0n) is 13.2. The molecule has 6 nitrogen and oxygen atoms in total. The molecule has 1 rings (SSSR count). The Labute approximate surface area is 141 Å². The van der Waals surface area contributed by atoms with Crippen LogP contribution in [0.25, 0.3) is 0 Å². The number of ether oxygens (including phenoxy) is 1. The Hall–Kier alpha value is -1.44. The molecule has 0 saturated heterocycles. The number of sulfonamides is 1. The van der Waals surface area contributed by atoms with Crippen molar-refractivity contribution in [1.29, 1.82) is 0 Å². The van der Waals surface area contributed by atoms with E-state index in [9.17, 15) is 18.0 Å². The maximum absolute atomic E-state index is 12.0. The van der Waals surface area contributed by atoms with Gasteiger partial charge in [-0.05, 0) is 31.5 Å². The zero-order chi connectivity index (χ0) is 17.6. The highest BCUT2D eigenvalue weighted by atomic mass is 35.5. The predicted molar refractivity (Wildman–Crippen MR) is 87.6 cm³/mol. The first-order valence-corrected chi connectivity index (χ1v) is 9.27. The first kappa shape index (κ1) is 19.6. The Bertz CT molecular complexity index is 655.